The van der Waals surface area contributed by atoms with Gasteiger partial charge in [-0.05, 0) is 45.4 Å². The Balaban J connectivity index is 1.93. The predicted molar refractivity (Wildman–Crippen MR) is 53.4 cm³/mol. The van der Waals surface area contributed by atoms with Crippen LogP contribution in [0.25, 0.3) is 0 Å². The molecule has 1 aliphatic heterocycles. The fourth-order valence-electron chi connectivity index (χ4n) is 1.80. The third kappa shape index (κ3) is 3.55. The summed E-state index contributed by atoms with van der Waals surface area (Å²) in [6.45, 7) is 7.26. The zero-order valence-electron chi connectivity index (χ0n) is 8.47. The average Bonchev–Trinajstić information content (AvgIpc) is 2.45. The fraction of sp³-hybridized carbons (Fsp3) is 1.00. The molecular weight excluding hydrogens is 148 g/mol. The zero-order valence-corrected chi connectivity index (χ0v) is 8.47. The second kappa shape index (κ2) is 5.55. The molecule has 2 nitrogen and oxygen atoms in total. The number of unbranched alkanes of at least 4 members (excludes halogenated alkanes) is 1. The van der Waals surface area contributed by atoms with Gasteiger partial charge in [0, 0.05) is 6.54 Å². The molecule has 1 heterocycles. The van der Waals surface area contributed by atoms with E-state index in [1.807, 2.05) is 0 Å². The van der Waals surface area contributed by atoms with Crippen LogP contribution >= 0.6 is 0 Å². The lowest BCUT2D eigenvalue weighted by Gasteiger charge is -2.10. The summed E-state index contributed by atoms with van der Waals surface area (Å²) in [6.07, 6.45) is 4.01. The molecule has 1 fully saturated rings. The van der Waals surface area contributed by atoms with Crippen LogP contribution in [0.3, 0.4) is 0 Å². The average molecular weight is 170 g/mol. The summed E-state index contributed by atoms with van der Waals surface area (Å²) in [5.41, 5.74) is 0. The van der Waals surface area contributed by atoms with Crippen LogP contribution in [0.4, 0.5) is 0 Å². The summed E-state index contributed by atoms with van der Waals surface area (Å²) >= 11 is 0. The van der Waals surface area contributed by atoms with Crippen molar-refractivity contribution in [1.29, 1.82) is 0 Å². The van der Waals surface area contributed by atoms with E-state index in [1.54, 1.807) is 0 Å². The van der Waals surface area contributed by atoms with Gasteiger partial charge in [-0.1, -0.05) is 13.3 Å². The number of hydrogen-bond acceptors (Lipinski definition) is 2. The second-order valence-electron chi connectivity index (χ2n) is 3.97. The summed E-state index contributed by atoms with van der Waals surface area (Å²) in [7, 11) is 2.21. The molecule has 0 aliphatic carbocycles. The van der Waals surface area contributed by atoms with E-state index in [9.17, 15) is 0 Å². The molecule has 1 unspecified atom stereocenters. The van der Waals surface area contributed by atoms with E-state index in [-0.39, 0.29) is 0 Å². The van der Waals surface area contributed by atoms with E-state index in [0.29, 0.717) is 0 Å². The zero-order chi connectivity index (χ0) is 8.81. The standard InChI is InChI=1S/C10H22N2/c1-3-4-6-11-8-10-5-7-12(2)9-10/h10-11H,3-9H2,1-2H3. The van der Waals surface area contributed by atoms with Gasteiger partial charge in [0.1, 0.15) is 0 Å². The van der Waals surface area contributed by atoms with Crippen molar-refractivity contribution in [3.63, 3.8) is 0 Å². The van der Waals surface area contributed by atoms with Crippen molar-refractivity contribution in [2.75, 3.05) is 33.2 Å². The van der Waals surface area contributed by atoms with Gasteiger partial charge in [0.2, 0.25) is 0 Å². The molecule has 1 aliphatic rings. The highest BCUT2D eigenvalue weighted by atomic mass is 15.1. The molecule has 1 saturated heterocycles. The Hall–Kier alpha value is -0.0800. The van der Waals surface area contributed by atoms with Crippen molar-refractivity contribution in [3.8, 4) is 0 Å². The molecule has 0 bridgehead atoms. The molecule has 1 atom stereocenters. The van der Waals surface area contributed by atoms with Gasteiger partial charge in [-0.2, -0.15) is 0 Å². The Labute approximate surface area is 76.3 Å². The lowest BCUT2D eigenvalue weighted by molar-refractivity contribution is 0.388. The molecule has 0 aromatic carbocycles. The molecule has 1 rings (SSSR count). The number of nitrogens with one attached hydrogen (secondary N) is 1. The summed E-state index contributed by atoms with van der Waals surface area (Å²) in [6, 6.07) is 0. The maximum absolute atomic E-state index is 3.52. The molecule has 1 N–H and O–H groups in total. The summed E-state index contributed by atoms with van der Waals surface area (Å²) in [5.74, 6) is 0.909. The van der Waals surface area contributed by atoms with Crippen molar-refractivity contribution < 1.29 is 0 Å². The van der Waals surface area contributed by atoms with Crippen LogP contribution in [0.2, 0.25) is 0 Å². The van der Waals surface area contributed by atoms with Crippen molar-refractivity contribution in [3.05, 3.63) is 0 Å². The maximum atomic E-state index is 3.52. The number of likely N-dealkylation sites (tertiary alicyclic amines) is 1. The molecular formula is C10H22N2. The molecule has 0 aromatic heterocycles. The Morgan fingerprint density at radius 3 is 2.92 bits per heavy atom. The van der Waals surface area contributed by atoms with Crippen molar-refractivity contribution in [2.24, 2.45) is 5.92 Å². The van der Waals surface area contributed by atoms with Crippen molar-refractivity contribution in [1.82, 2.24) is 10.2 Å². The number of nitrogens with zero attached hydrogens (tertiary/aromatic N) is 1. The predicted octanol–water partition coefficient (Wildman–Crippen LogP) is 1.33. The van der Waals surface area contributed by atoms with E-state index in [4.69, 9.17) is 0 Å². The highest BCUT2D eigenvalue weighted by Crippen LogP contribution is 2.12. The maximum Gasteiger partial charge on any atom is 0.00192 e. The normalized spacial score (nSPS) is 25.0. The van der Waals surface area contributed by atoms with Gasteiger partial charge in [-0.15, -0.1) is 0 Å². The van der Waals surface area contributed by atoms with Gasteiger partial charge in [-0.3, -0.25) is 0 Å². The van der Waals surface area contributed by atoms with E-state index in [0.717, 1.165) is 5.92 Å². The Kier molecular flexibility index (Phi) is 4.62. The third-order valence-corrected chi connectivity index (χ3v) is 2.63. The second-order valence-corrected chi connectivity index (χ2v) is 3.97. The Bertz CT molecular complexity index is 114. The van der Waals surface area contributed by atoms with E-state index >= 15 is 0 Å². The van der Waals surface area contributed by atoms with Gasteiger partial charge in [0.05, 0.1) is 0 Å². The van der Waals surface area contributed by atoms with Crippen LogP contribution in [0.1, 0.15) is 26.2 Å². The van der Waals surface area contributed by atoms with Crippen LogP contribution in [0.15, 0.2) is 0 Å². The monoisotopic (exact) mass is 170 g/mol. The van der Waals surface area contributed by atoms with Crippen LogP contribution in [0.5, 0.6) is 0 Å². The Morgan fingerprint density at radius 2 is 2.33 bits per heavy atom. The minimum absolute atomic E-state index is 0.909. The molecule has 0 amide bonds. The molecule has 72 valence electrons. The highest BCUT2D eigenvalue weighted by Gasteiger charge is 2.18. The van der Waals surface area contributed by atoms with Gasteiger partial charge in [-0.25, -0.2) is 0 Å². The van der Waals surface area contributed by atoms with E-state index in [1.165, 1.54) is 45.4 Å². The fourth-order valence-corrected chi connectivity index (χ4v) is 1.80. The van der Waals surface area contributed by atoms with Crippen LogP contribution in [-0.2, 0) is 0 Å². The topological polar surface area (TPSA) is 15.3 Å². The first-order valence-electron chi connectivity index (χ1n) is 5.22. The first-order chi connectivity index (χ1) is 5.83. The smallest absolute Gasteiger partial charge is 0.00192 e. The van der Waals surface area contributed by atoms with Crippen LogP contribution in [-0.4, -0.2) is 38.1 Å². The molecule has 0 aromatic rings. The van der Waals surface area contributed by atoms with Crippen LogP contribution in [0, 0.1) is 5.92 Å². The van der Waals surface area contributed by atoms with Gasteiger partial charge in [0.15, 0.2) is 0 Å². The minimum Gasteiger partial charge on any atom is -0.316 e. The SMILES string of the molecule is CCCCNCC1CCN(C)C1. The summed E-state index contributed by atoms with van der Waals surface area (Å²) < 4.78 is 0. The molecule has 0 radical (unpaired) electrons. The number of rotatable bonds is 5. The van der Waals surface area contributed by atoms with E-state index < -0.39 is 0 Å². The summed E-state index contributed by atoms with van der Waals surface area (Å²) in [5, 5.41) is 3.52. The van der Waals surface area contributed by atoms with Gasteiger partial charge >= 0.3 is 0 Å². The Morgan fingerprint density at radius 1 is 1.50 bits per heavy atom. The van der Waals surface area contributed by atoms with E-state index in [2.05, 4.69) is 24.2 Å². The van der Waals surface area contributed by atoms with Gasteiger partial charge in [0.25, 0.3) is 0 Å². The largest absolute Gasteiger partial charge is 0.316 e. The van der Waals surface area contributed by atoms with Crippen molar-refractivity contribution >= 4 is 0 Å². The van der Waals surface area contributed by atoms with Gasteiger partial charge < -0.3 is 10.2 Å². The highest BCUT2D eigenvalue weighted by molar-refractivity contribution is 4.74. The molecule has 0 spiro atoms. The summed E-state index contributed by atoms with van der Waals surface area (Å²) in [4.78, 5) is 2.42. The number of hydrogen-bond donors (Lipinski definition) is 1. The third-order valence-electron chi connectivity index (χ3n) is 2.63. The quantitative estimate of drug-likeness (QED) is 0.626. The first kappa shape index (κ1) is 10.0. The van der Waals surface area contributed by atoms with Crippen molar-refractivity contribution in [2.45, 2.75) is 26.2 Å². The minimum atomic E-state index is 0.909. The first-order valence-corrected chi connectivity index (χ1v) is 5.22. The molecule has 2 heteroatoms. The molecule has 0 saturated carbocycles. The lowest BCUT2D eigenvalue weighted by Crippen LogP contribution is -2.25. The lowest BCUT2D eigenvalue weighted by atomic mass is 10.1. The molecule has 12 heavy (non-hydrogen) atoms. The van der Waals surface area contributed by atoms with Crippen LogP contribution < -0.4 is 5.32 Å².